The van der Waals surface area contributed by atoms with Crippen molar-refractivity contribution in [2.75, 3.05) is 0 Å². The number of hydrogen-bond acceptors (Lipinski definition) is 5. The SMILES string of the molecule is CC(C)(O)C#Cc1ccc2c(c1)CC(=O)[C@@H](NC(=O)c1cc(Oc3ccc(F)cc3)ccn1)CC2. The molecule has 7 heteroatoms. The summed E-state index contributed by atoms with van der Waals surface area (Å²) >= 11 is 0. The molecule has 0 spiro atoms. The second kappa shape index (κ2) is 10.1. The van der Waals surface area contributed by atoms with Crippen molar-refractivity contribution in [2.45, 2.75) is 44.8 Å². The van der Waals surface area contributed by atoms with Crippen molar-refractivity contribution in [3.63, 3.8) is 0 Å². The zero-order chi connectivity index (χ0) is 25.0. The van der Waals surface area contributed by atoms with E-state index < -0.39 is 17.6 Å². The molecule has 6 nitrogen and oxygen atoms in total. The van der Waals surface area contributed by atoms with Crippen molar-refractivity contribution in [1.82, 2.24) is 10.3 Å². The number of benzene rings is 2. The van der Waals surface area contributed by atoms with Crippen molar-refractivity contribution < 1.29 is 23.8 Å². The van der Waals surface area contributed by atoms with Gasteiger partial charge in [0.1, 0.15) is 28.6 Å². The standard InChI is InChI=1S/C28H25FN2O4/c1-28(2,34)13-11-18-3-4-19-5-10-24(26(32)16-20(19)15-18)31-27(33)25-17-23(12-14-30-25)35-22-8-6-21(29)7-9-22/h3-4,6-9,12,14-15,17,24,34H,5,10,16H2,1-2H3,(H,31,33)/t24-/m0/s1. The summed E-state index contributed by atoms with van der Waals surface area (Å²) in [5, 5.41) is 12.6. The number of carbonyl (C=O) groups excluding carboxylic acids is 2. The van der Waals surface area contributed by atoms with Crippen LogP contribution in [0.4, 0.5) is 4.39 Å². The molecule has 1 heterocycles. The zero-order valence-electron chi connectivity index (χ0n) is 19.5. The molecule has 35 heavy (non-hydrogen) atoms. The summed E-state index contributed by atoms with van der Waals surface area (Å²) in [6, 6.07) is 13.6. The van der Waals surface area contributed by atoms with Crippen LogP contribution < -0.4 is 10.1 Å². The van der Waals surface area contributed by atoms with E-state index >= 15 is 0 Å². The van der Waals surface area contributed by atoms with E-state index in [1.807, 2.05) is 18.2 Å². The number of ether oxygens (including phenoxy) is 1. The smallest absolute Gasteiger partial charge is 0.270 e. The van der Waals surface area contributed by atoms with E-state index in [1.54, 1.807) is 19.9 Å². The highest BCUT2D eigenvalue weighted by molar-refractivity contribution is 5.97. The number of pyridine rings is 1. The summed E-state index contributed by atoms with van der Waals surface area (Å²) in [5.74, 6) is 5.57. The summed E-state index contributed by atoms with van der Waals surface area (Å²) in [5.41, 5.74) is 1.65. The Morgan fingerprint density at radius 3 is 2.63 bits per heavy atom. The first-order chi connectivity index (χ1) is 16.7. The lowest BCUT2D eigenvalue weighted by Gasteiger charge is -2.15. The Labute approximate surface area is 203 Å². The number of ketones is 1. The Morgan fingerprint density at radius 2 is 1.89 bits per heavy atom. The number of aliphatic hydroxyl groups is 1. The maximum absolute atomic E-state index is 13.1. The fourth-order valence-corrected chi connectivity index (χ4v) is 3.73. The number of aromatic nitrogens is 1. The first-order valence-electron chi connectivity index (χ1n) is 11.3. The van der Waals surface area contributed by atoms with E-state index in [9.17, 15) is 19.1 Å². The number of Topliss-reactive ketones (excluding diaryl/α,β-unsaturated/α-hetero) is 1. The van der Waals surface area contributed by atoms with Gasteiger partial charge in [0.25, 0.3) is 5.91 Å². The van der Waals surface area contributed by atoms with Gasteiger partial charge in [0.05, 0.1) is 6.04 Å². The molecule has 0 bridgehead atoms. The third kappa shape index (κ3) is 6.52. The van der Waals surface area contributed by atoms with Crippen molar-refractivity contribution in [3.8, 4) is 23.3 Å². The van der Waals surface area contributed by atoms with Gasteiger partial charge in [-0.25, -0.2) is 4.39 Å². The molecule has 1 atom stereocenters. The minimum Gasteiger partial charge on any atom is -0.457 e. The summed E-state index contributed by atoms with van der Waals surface area (Å²) in [6.07, 6.45) is 2.72. The van der Waals surface area contributed by atoms with E-state index in [2.05, 4.69) is 22.1 Å². The molecule has 1 aromatic heterocycles. The van der Waals surface area contributed by atoms with Gasteiger partial charge in [-0.1, -0.05) is 17.9 Å². The van der Waals surface area contributed by atoms with Crippen LogP contribution in [-0.2, 0) is 17.6 Å². The fourth-order valence-electron chi connectivity index (χ4n) is 3.73. The molecule has 1 amide bonds. The minimum atomic E-state index is -1.10. The maximum atomic E-state index is 13.1. The summed E-state index contributed by atoms with van der Waals surface area (Å²) in [7, 11) is 0. The largest absolute Gasteiger partial charge is 0.457 e. The molecule has 4 rings (SSSR count). The molecule has 3 aromatic rings. The van der Waals surface area contributed by atoms with E-state index in [4.69, 9.17) is 4.74 Å². The molecule has 0 unspecified atom stereocenters. The number of fused-ring (bicyclic) bond motifs is 1. The molecule has 1 aliphatic rings. The second-order valence-electron chi connectivity index (χ2n) is 8.93. The average molecular weight is 473 g/mol. The first-order valence-corrected chi connectivity index (χ1v) is 11.3. The Morgan fingerprint density at radius 1 is 1.11 bits per heavy atom. The topological polar surface area (TPSA) is 88.5 Å². The van der Waals surface area contributed by atoms with Gasteiger partial charge < -0.3 is 15.2 Å². The predicted molar refractivity (Wildman–Crippen MR) is 129 cm³/mol. The minimum absolute atomic E-state index is 0.0941. The molecule has 0 saturated carbocycles. The number of nitrogens with one attached hydrogen (secondary N) is 1. The van der Waals surface area contributed by atoms with Crippen LogP contribution in [0.1, 0.15) is 47.4 Å². The third-order valence-corrected chi connectivity index (χ3v) is 5.49. The molecule has 0 aliphatic heterocycles. The van der Waals surface area contributed by atoms with Gasteiger partial charge in [0.2, 0.25) is 0 Å². The second-order valence-corrected chi connectivity index (χ2v) is 8.93. The van der Waals surface area contributed by atoms with Crippen LogP contribution in [0.25, 0.3) is 0 Å². The maximum Gasteiger partial charge on any atom is 0.270 e. The van der Waals surface area contributed by atoms with Gasteiger partial charge in [-0.3, -0.25) is 14.6 Å². The van der Waals surface area contributed by atoms with Crippen molar-refractivity contribution in [2.24, 2.45) is 0 Å². The number of carbonyl (C=O) groups is 2. The van der Waals surface area contributed by atoms with E-state index in [0.29, 0.717) is 24.3 Å². The van der Waals surface area contributed by atoms with E-state index in [-0.39, 0.29) is 23.7 Å². The highest BCUT2D eigenvalue weighted by atomic mass is 19.1. The van der Waals surface area contributed by atoms with Crippen molar-refractivity contribution in [3.05, 3.63) is 89.0 Å². The molecule has 2 aromatic carbocycles. The number of amides is 1. The van der Waals surface area contributed by atoms with Crippen molar-refractivity contribution in [1.29, 1.82) is 0 Å². The van der Waals surface area contributed by atoms with Gasteiger partial charge >= 0.3 is 0 Å². The number of hydrogen-bond donors (Lipinski definition) is 2. The molecule has 2 N–H and O–H groups in total. The molecule has 1 aliphatic carbocycles. The van der Waals surface area contributed by atoms with E-state index in [1.165, 1.54) is 36.5 Å². The van der Waals surface area contributed by atoms with Crippen molar-refractivity contribution >= 4 is 11.7 Å². The molecular weight excluding hydrogens is 447 g/mol. The zero-order valence-corrected chi connectivity index (χ0v) is 19.5. The number of halogens is 1. The van der Waals surface area contributed by atoms with E-state index in [0.717, 1.165) is 16.7 Å². The summed E-state index contributed by atoms with van der Waals surface area (Å²) in [6.45, 7) is 3.22. The summed E-state index contributed by atoms with van der Waals surface area (Å²) in [4.78, 5) is 29.9. The van der Waals surface area contributed by atoms with Crippen LogP contribution in [0.3, 0.4) is 0 Å². The Balaban J connectivity index is 1.44. The van der Waals surface area contributed by atoms with Crippen LogP contribution in [-0.4, -0.2) is 33.4 Å². The van der Waals surface area contributed by atoms with Crippen LogP contribution in [0.2, 0.25) is 0 Å². The van der Waals surface area contributed by atoms with Crippen LogP contribution in [0, 0.1) is 17.7 Å². The quantitative estimate of drug-likeness (QED) is 0.443. The monoisotopic (exact) mass is 472 g/mol. The highest BCUT2D eigenvalue weighted by Gasteiger charge is 2.26. The molecular formula is C28H25FN2O4. The predicted octanol–water partition coefficient (Wildman–Crippen LogP) is 3.99. The average Bonchev–Trinajstić information content (AvgIpc) is 2.97. The Hall–Kier alpha value is -4.02. The first kappa shape index (κ1) is 24.1. The van der Waals surface area contributed by atoms with Crippen LogP contribution in [0.15, 0.2) is 60.8 Å². The Bertz CT molecular complexity index is 1320. The lowest BCUT2D eigenvalue weighted by Crippen LogP contribution is -2.41. The Kier molecular flexibility index (Phi) is 6.94. The number of nitrogens with zero attached hydrogens (tertiary/aromatic N) is 1. The van der Waals surface area contributed by atoms with Gasteiger partial charge in [0, 0.05) is 24.2 Å². The van der Waals surface area contributed by atoms with Gasteiger partial charge in [-0.15, -0.1) is 0 Å². The van der Waals surface area contributed by atoms with Gasteiger partial charge in [0.15, 0.2) is 5.78 Å². The normalized spacial score (nSPS) is 15.3. The molecule has 0 fully saturated rings. The summed E-state index contributed by atoms with van der Waals surface area (Å²) < 4.78 is 18.8. The fraction of sp³-hybridized carbons (Fsp3) is 0.250. The van der Waals surface area contributed by atoms with Gasteiger partial charge in [-0.2, -0.15) is 0 Å². The highest BCUT2D eigenvalue weighted by Crippen LogP contribution is 2.23. The molecule has 0 radical (unpaired) electrons. The van der Waals surface area contributed by atoms with Crippen LogP contribution in [0.5, 0.6) is 11.5 Å². The number of aryl methyl sites for hydroxylation is 1. The van der Waals surface area contributed by atoms with Crippen LogP contribution >= 0.6 is 0 Å². The molecule has 0 saturated heterocycles. The lowest BCUT2D eigenvalue weighted by atomic mass is 9.99. The molecule has 178 valence electrons. The number of rotatable bonds is 4. The van der Waals surface area contributed by atoms with Gasteiger partial charge in [-0.05, 0) is 80.3 Å². The third-order valence-electron chi connectivity index (χ3n) is 5.49. The lowest BCUT2D eigenvalue weighted by molar-refractivity contribution is -0.120.